The van der Waals surface area contributed by atoms with E-state index >= 15 is 0 Å². The molecule has 1 atom stereocenters. The molecule has 0 amide bonds. The fourth-order valence-corrected chi connectivity index (χ4v) is 2.77. The van der Waals surface area contributed by atoms with Gasteiger partial charge in [0.15, 0.2) is 0 Å². The number of anilines is 1. The topological polar surface area (TPSA) is 77.0 Å². The van der Waals surface area contributed by atoms with E-state index in [9.17, 15) is 0 Å². The molecule has 1 aromatic rings. The van der Waals surface area contributed by atoms with E-state index in [1.807, 2.05) is 12.1 Å². The quantitative estimate of drug-likeness (QED) is 0.546. The summed E-state index contributed by atoms with van der Waals surface area (Å²) < 4.78 is 0. The number of nitrogen functional groups attached to an aromatic ring is 1. The molecule has 0 aliphatic heterocycles. The van der Waals surface area contributed by atoms with Crippen LogP contribution in [0.5, 0.6) is 0 Å². The molecule has 1 unspecified atom stereocenters. The third-order valence-corrected chi connectivity index (χ3v) is 3.73. The van der Waals surface area contributed by atoms with E-state index in [-0.39, 0.29) is 0 Å². The molecular weight excluding hydrogens is 212 g/mol. The first kappa shape index (κ1) is 12.3. The zero-order valence-electron chi connectivity index (χ0n) is 10.2. The predicted molar refractivity (Wildman–Crippen MR) is 70.0 cm³/mol. The van der Waals surface area contributed by atoms with Crippen molar-refractivity contribution >= 4 is 5.82 Å². The summed E-state index contributed by atoms with van der Waals surface area (Å²) in [6, 6.07) is 4.31. The molecule has 4 nitrogen and oxygen atoms in total. The molecule has 1 fully saturated rings. The van der Waals surface area contributed by atoms with Crippen molar-refractivity contribution in [2.24, 2.45) is 11.8 Å². The zero-order valence-corrected chi connectivity index (χ0v) is 10.2. The molecule has 5 N–H and O–H groups in total. The summed E-state index contributed by atoms with van der Waals surface area (Å²) >= 11 is 0. The van der Waals surface area contributed by atoms with Crippen molar-refractivity contribution in [2.75, 3.05) is 5.73 Å². The van der Waals surface area contributed by atoms with Crippen LogP contribution in [-0.2, 0) is 6.42 Å². The fourth-order valence-electron chi connectivity index (χ4n) is 2.77. The van der Waals surface area contributed by atoms with Gasteiger partial charge in [-0.1, -0.05) is 19.3 Å². The average molecular weight is 234 g/mol. The molecule has 94 valence electrons. The summed E-state index contributed by atoms with van der Waals surface area (Å²) in [5.41, 5.74) is 9.88. The molecule has 1 heterocycles. The number of hydrogen-bond donors (Lipinski definition) is 3. The first-order chi connectivity index (χ1) is 8.29. The van der Waals surface area contributed by atoms with Gasteiger partial charge >= 0.3 is 0 Å². The summed E-state index contributed by atoms with van der Waals surface area (Å²) in [4.78, 5) is 4.01. The minimum absolute atomic E-state index is 0.358. The molecule has 2 rings (SSSR count). The van der Waals surface area contributed by atoms with Crippen LogP contribution in [0.25, 0.3) is 0 Å². The lowest BCUT2D eigenvalue weighted by Gasteiger charge is -2.29. The number of aromatic nitrogens is 1. The zero-order chi connectivity index (χ0) is 12.1. The van der Waals surface area contributed by atoms with E-state index in [1.54, 1.807) is 6.20 Å². The van der Waals surface area contributed by atoms with Crippen molar-refractivity contribution in [3.63, 3.8) is 0 Å². The van der Waals surface area contributed by atoms with E-state index in [4.69, 9.17) is 11.6 Å². The number of nitrogens with zero attached hydrogens (tertiary/aromatic N) is 1. The maximum Gasteiger partial charge on any atom is 0.123 e. The van der Waals surface area contributed by atoms with Crippen LogP contribution in [0.3, 0.4) is 0 Å². The average Bonchev–Trinajstić information content (AvgIpc) is 2.37. The maximum atomic E-state index is 5.69. The van der Waals surface area contributed by atoms with Crippen LogP contribution in [-0.4, -0.2) is 11.0 Å². The molecule has 0 aromatic carbocycles. The van der Waals surface area contributed by atoms with Crippen LogP contribution < -0.4 is 17.0 Å². The van der Waals surface area contributed by atoms with Crippen molar-refractivity contribution in [1.82, 2.24) is 10.4 Å². The van der Waals surface area contributed by atoms with Crippen molar-refractivity contribution in [2.45, 2.75) is 44.6 Å². The molecule has 0 spiro atoms. The highest BCUT2D eigenvalue weighted by atomic mass is 15.2. The van der Waals surface area contributed by atoms with E-state index in [0.29, 0.717) is 17.8 Å². The molecular formula is C13H22N4. The van der Waals surface area contributed by atoms with E-state index in [0.717, 1.165) is 6.42 Å². The molecule has 1 aliphatic carbocycles. The third kappa shape index (κ3) is 3.41. The second-order valence-electron chi connectivity index (χ2n) is 4.96. The molecule has 1 aliphatic rings. The summed E-state index contributed by atoms with van der Waals surface area (Å²) in [6.45, 7) is 0. The van der Waals surface area contributed by atoms with Crippen LogP contribution in [0.2, 0.25) is 0 Å². The van der Waals surface area contributed by atoms with Crippen molar-refractivity contribution in [1.29, 1.82) is 0 Å². The Labute approximate surface area is 103 Å². The fraction of sp³-hybridized carbons (Fsp3) is 0.615. The third-order valence-electron chi connectivity index (χ3n) is 3.73. The molecule has 1 saturated carbocycles. The lowest BCUT2D eigenvalue weighted by molar-refractivity contribution is 0.268. The smallest absolute Gasteiger partial charge is 0.123 e. The first-order valence-corrected chi connectivity index (χ1v) is 6.46. The van der Waals surface area contributed by atoms with Gasteiger partial charge in [0, 0.05) is 12.2 Å². The van der Waals surface area contributed by atoms with Gasteiger partial charge in [0.05, 0.1) is 0 Å². The molecule has 4 heteroatoms. The highest BCUT2D eigenvalue weighted by Gasteiger charge is 2.22. The highest BCUT2D eigenvalue weighted by Crippen LogP contribution is 2.27. The minimum atomic E-state index is 0.358. The highest BCUT2D eigenvalue weighted by molar-refractivity contribution is 5.32. The van der Waals surface area contributed by atoms with E-state index < -0.39 is 0 Å². The van der Waals surface area contributed by atoms with Gasteiger partial charge in [0.1, 0.15) is 5.82 Å². The second-order valence-corrected chi connectivity index (χ2v) is 4.96. The predicted octanol–water partition coefficient (Wildman–Crippen LogP) is 1.62. The minimum Gasteiger partial charge on any atom is -0.384 e. The normalized spacial score (nSPS) is 19.1. The maximum absolute atomic E-state index is 5.69. The Kier molecular flexibility index (Phi) is 4.34. The second kappa shape index (κ2) is 5.98. The molecule has 0 bridgehead atoms. The number of hydrogen-bond acceptors (Lipinski definition) is 4. The number of pyridine rings is 1. The van der Waals surface area contributed by atoms with Crippen molar-refractivity contribution < 1.29 is 0 Å². The monoisotopic (exact) mass is 234 g/mol. The van der Waals surface area contributed by atoms with Crippen molar-refractivity contribution in [3.8, 4) is 0 Å². The summed E-state index contributed by atoms with van der Waals surface area (Å²) in [6.07, 6.45) is 9.32. The van der Waals surface area contributed by atoms with Gasteiger partial charge in [-0.25, -0.2) is 4.98 Å². The van der Waals surface area contributed by atoms with Gasteiger partial charge in [0.25, 0.3) is 0 Å². The summed E-state index contributed by atoms with van der Waals surface area (Å²) in [5, 5.41) is 0. The van der Waals surface area contributed by atoms with Crippen LogP contribution in [0.4, 0.5) is 5.82 Å². The van der Waals surface area contributed by atoms with Crippen molar-refractivity contribution in [3.05, 3.63) is 23.9 Å². The summed E-state index contributed by atoms with van der Waals surface area (Å²) in [7, 11) is 0. The Bertz CT molecular complexity index is 347. The lowest BCUT2D eigenvalue weighted by Crippen LogP contribution is -2.43. The Hall–Kier alpha value is -1.13. The molecule has 0 radical (unpaired) electrons. The largest absolute Gasteiger partial charge is 0.384 e. The van der Waals surface area contributed by atoms with Gasteiger partial charge in [-0.2, -0.15) is 0 Å². The van der Waals surface area contributed by atoms with Crippen LogP contribution in [0.1, 0.15) is 37.7 Å². The number of rotatable bonds is 4. The lowest BCUT2D eigenvalue weighted by atomic mass is 9.82. The standard InChI is InChI=1S/C13H22N4/c14-13-9-10(6-7-16-13)8-12(17-15)11-4-2-1-3-5-11/h6-7,9,11-12,17H,1-5,8,15H2,(H2,14,16). The molecule has 17 heavy (non-hydrogen) atoms. The van der Waals surface area contributed by atoms with E-state index in [1.165, 1.54) is 37.7 Å². The van der Waals surface area contributed by atoms with Gasteiger partial charge < -0.3 is 5.73 Å². The number of hydrazine groups is 1. The van der Waals surface area contributed by atoms with Crippen LogP contribution in [0.15, 0.2) is 18.3 Å². The SMILES string of the molecule is NNC(Cc1ccnc(N)c1)C1CCCCC1. The Balaban J connectivity index is 1.98. The summed E-state index contributed by atoms with van der Waals surface area (Å²) in [5.74, 6) is 6.98. The van der Waals surface area contributed by atoms with Gasteiger partial charge in [0.2, 0.25) is 0 Å². The van der Waals surface area contributed by atoms with Gasteiger partial charge in [-0.3, -0.25) is 11.3 Å². The van der Waals surface area contributed by atoms with Gasteiger partial charge in [-0.15, -0.1) is 0 Å². The van der Waals surface area contributed by atoms with Gasteiger partial charge in [-0.05, 0) is 42.9 Å². The Morgan fingerprint density at radius 3 is 2.76 bits per heavy atom. The van der Waals surface area contributed by atoms with Crippen LogP contribution >= 0.6 is 0 Å². The first-order valence-electron chi connectivity index (χ1n) is 6.46. The Morgan fingerprint density at radius 2 is 2.12 bits per heavy atom. The van der Waals surface area contributed by atoms with Crippen LogP contribution in [0, 0.1) is 5.92 Å². The number of nitrogens with two attached hydrogens (primary N) is 2. The molecule has 0 saturated heterocycles. The van der Waals surface area contributed by atoms with E-state index in [2.05, 4.69) is 10.4 Å². The number of nitrogens with one attached hydrogen (secondary N) is 1. The molecule has 1 aromatic heterocycles. The Morgan fingerprint density at radius 1 is 1.35 bits per heavy atom.